The normalized spacial score (nSPS) is 26.3. The molecular weight excluding hydrogens is 226 g/mol. The van der Waals surface area contributed by atoms with E-state index in [4.69, 9.17) is 0 Å². The van der Waals surface area contributed by atoms with Crippen molar-refractivity contribution in [2.24, 2.45) is 5.92 Å². The number of nitrogens with zero attached hydrogens (tertiary/aromatic N) is 2. The van der Waals surface area contributed by atoms with Gasteiger partial charge in [0.2, 0.25) is 5.91 Å². The highest BCUT2D eigenvalue weighted by molar-refractivity contribution is 5.80. The van der Waals surface area contributed by atoms with Gasteiger partial charge in [0.1, 0.15) is 0 Å². The number of nitrogens with one attached hydrogen (secondary N) is 1. The molecule has 0 aliphatic carbocycles. The van der Waals surface area contributed by atoms with Gasteiger partial charge in [-0.05, 0) is 38.3 Å². The minimum absolute atomic E-state index is 0.266. The summed E-state index contributed by atoms with van der Waals surface area (Å²) >= 11 is 0. The largest absolute Gasteiger partial charge is 0.325 e. The van der Waals surface area contributed by atoms with E-state index in [9.17, 15) is 4.79 Å². The molecule has 2 aliphatic heterocycles. The average molecular weight is 253 g/mol. The van der Waals surface area contributed by atoms with Crippen LogP contribution >= 0.6 is 0 Å². The number of amides is 1. The summed E-state index contributed by atoms with van der Waals surface area (Å²) in [5.41, 5.74) is 0. The molecule has 0 radical (unpaired) electrons. The lowest BCUT2D eigenvalue weighted by Gasteiger charge is -2.31. The van der Waals surface area contributed by atoms with E-state index in [1.807, 2.05) is 0 Å². The standard InChI is InChI=1S/C14H27N3O/c1-12(2)10-13-15-11-14(18)17(13)9-8-16-6-4-3-5-7-16/h12-13,15H,3-11H2,1-2H3. The predicted molar refractivity (Wildman–Crippen MR) is 73.2 cm³/mol. The Hall–Kier alpha value is -0.610. The second-order valence-corrected chi connectivity index (χ2v) is 6.02. The van der Waals surface area contributed by atoms with Crippen molar-refractivity contribution >= 4 is 5.91 Å². The van der Waals surface area contributed by atoms with E-state index in [1.165, 1.54) is 32.4 Å². The zero-order chi connectivity index (χ0) is 13.0. The molecule has 0 saturated carbocycles. The summed E-state index contributed by atoms with van der Waals surface area (Å²) in [6, 6.07) is 0. The van der Waals surface area contributed by atoms with E-state index >= 15 is 0 Å². The molecule has 2 fully saturated rings. The number of carbonyl (C=O) groups is 1. The van der Waals surface area contributed by atoms with Crippen LogP contribution in [0.1, 0.15) is 39.5 Å². The monoisotopic (exact) mass is 253 g/mol. The van der Waals surface area contributed by atoms with Crippen molar-refractivity contribution < 1.29 is 4.79 Å². The van der Waals surface area contributed by atoms with Crippen LogP contribution in [0.15, 0.2) is 0 Å². The molecule has 0 aromatic heterocycles. The Morgan fingerprint density at radius 3 is 2.61 bits per heavy atom. The van der Waals surface area contributed by atoms with Gasteiger partial charge in [-0.3, -0.25) is 10.1 Å². The lowest BCUT2D eigenvalue weighted by Crippen LogP contribution is -2.44. The first kappa shape index (κ1) is 13.8. The summed E-state index contributed by atoms with van der Waals surface area (Å²) < 4.78 is 0. The quantitative estimate of drug-likeness (QED) is 0.801. The van der Waals surface area contributed by atoms with Crippen LogP contribution in [0.25, 0.3) is 0 Å². The zero-order valence-electron chi connectivity index (χ0n) is 11.8. The zero-order valence-corrected chi connectivity index (χ0v) is 11.8. The van der Waals surface area contributed by atoms with Gasteiger partial charge in [-0.15, -0.1) is 0 Å². The number of piperidine rings is 1. The van der Waals surface area contributed by atoms with E-state index in [2.05, 4.69) is 29.0 Å². The van der Waals surface area contributed by atoms with E-state index in [1.54, 1.807) is 0 Å². The first-order valence-corrected chi connectivity index (χ1v) is 7.42. The second-order valence-electron chi connectivity index (χ2n) is 6.02. The molecule has 2 aliphatic rings. The number of hydrogen-bond acceptors (Lipinski definition) is 3. The van der Waals surface area contributed by atoms with Crippen LogP contribution in [0.2, 0.25) is 0 Å². The summed E-state index contributed by atoms with van der Waals surface area (Å²) in [5, 5.41) is 3.33. The van der Waals surface area contributed by atoms with Crippen LogP contribution in [0.4, 0.5) is 0 Å². The third-order valence-corrected chi connectivity index (χ3v) is 3.99. The molecule has 0 spiro atoms. The summed E-state index contributed by atoms with van der Waals surface area (Å²) in [6.07, 6.45) is 5.34. The van der Waals surface area contributed by atoms with Gasteiger partial charge in [0.25, 0.3) is 0 Å². The molecule has 0 bridgehead atoms. The molecule has 1 amide bonds. The van der Waals surface area contributed by atoms with Gasteiger partial charge in [-0.1, -0.05) is 20.3 Å². The Bertz CT molecular complexity index is 274. The number of hydrogen-bond donors (Lipinski definition) is 1. The van der Waals surface area contributed by atoms with Crippen LogP contribution < -0.4 is 5.32 Å². The molecule has 4 nitrogen and oxygen atoms in total. The maximum absolute atomic E-state index is 11.9. The molecule has 0 aromatic carbocycles. The summed E-state index contributed by atoms with van der Waals surface area (Å²) in [4.78, 5) is 16.4. The summed E-state index contributed by atoms with van der Waals surface area (Å²) in [7, 11) is 0. The summed E-state index contributed by atoms with van der Waals surface area (Å²) in [6.45, 7) is 9.32. The topological polar surface area (TPSA) is 35.6 Å². The van der Waals surface area contributed by atoms with Crippen molar-refractivity contribution in [1.82, 2.24) is 15.1 Å². The maximum atomic E-state index is 11.9. The lowest BCUT2D eigenvalue weighted by atomic mass is 10.1. The van der Waals surface area contributed by atoms with E-state index in [0.29, 0.717) is 12.5 Å². The molecule has 0 aromatic rings. The van der Waals surface area contributed by atoms with Crippen molar-refractivity contribution in [2.75, 3.05) is 32.7 Å². The molecule has 4 heteroatoms. The lowest BCUT2D eigenvalue weighted by molar-refractivity contribution is -0.128. The highest BCUT2D eigenvalue weighted by Crippen LogP contribution is 2.15. The second kappa shape index (κ2) is 6.53. The van der Waals surface area contributed by atoms with E-state index in [-0.39, 0.29) is 12.1 Å². The van der Waals surface area contributed by atoms with Crippen LogP contribution in [0.5, 0.6) is 0 Å². The van der Waals surface area contributed by atoms with Gasteiger partial charge in [0.15, 0.2) is 0 Å². The van der Waals surface area contributed by atoms with Crippen molar-refractivity contribution in [1.29, 1.82) is 0 Å². The highest BCUT2D eigenvalue weighted by atomic mass is 16.2. The molecule has 1 N–H and O–H groups in total. The number of likely N-dealkylation sites (tertiary alicyclic amines) is 1. The Kier molecular flexibility index (Phi) is 5.01. The fraction of sp³-hybridized carbons (Fsp3) is 0.929. The van der Waals surface area contributed by atoms with Crippen molar-refractivity contribution in [3.05, 3.63) is 0 Å². The molecule has 2 heterocycles. The van der Waals surface area contributed by atoms with Gasteiger partial charge < -0.3 is 9.80 Å². The Balaban J connectivity index is 1.79. The van der Waals surface area contributed by atoms with Gasteiger partial charge in [-0.2, -0.15) is 0 Å². The summed E-state index contributed by atoms with van der Waals surface area (Å²) in [5.74, 6) is 0.906. The first-order valence-electron chi connectivity index (χ1n) is 7.42. The minimum Gasteiger partial charge on any atom is -0.325 e. The maximum Gasteiger partial charge on any atom is 0.237 e. The fourth-order valence-corrected chi connectivity index (χ4v) is 2.96. The number of carbonyl (C=O) groups excluding carboxylic acids is 1. The van der Waals surface area contributed by atoms with E-state index in [0.717, 1.165) is 19.5 Å². The van der Waals surface area contributed by atoms with Crippen LogP contribution in [-0.4, -0.2) is 54.6 Å². The third-order valence-electron chi connectivity index (χ3n) is 3.99. The molecule has 1 unspecified atom stereocenters. The molecule has 2 rings (SSSR count). The molecular formula is C14H27N3O. The van der Waals surface area contributed by atoms with Gasteiger partial charge in [-0.25, -0.2) is 0 Å². The van der Waals surface area contributed by atoms with Gasteiger partial charge in [0.05, 0.1) is 12.7 Å². The fourth-order valence-electron chi connectivity index (χ4n) is 2.96. The third kappa shape index (κ3) is 3.69. The SMILES string of the molecule is CC(C)CC1NCC(=O)N1CCN1CCCCC1. The molecule has 1 atom stereocenters. The van der Waals surface area contributed by atoms with Crippen LogP contribution in [0.3, 0.4) is 0 Å². The predicted octanol–water partition coefficient (Wildman–Crippen LogP) is 1.28. The first-order chi connectivity index (χ1) is 8.66. The smallest absolute Gasteiger partial charge is 0.237 e. The van der Waals surface area contributed by atoms with Crippen molar-refractivity contribution in [3.8, 4) is 0 Å². The Morgan fingerprint density at radius 1 is 1.22 bits per heavy atom. The van der Waals surface area contributed by atoms with Crippen molar-refractivity contribution in [2.45, 2.75) is 45.7 Å². The minimum atomic E-state index is 0.266. The van der Waals surface area contributed by atoms with Crippen LogP contribution in [-0.2, 0) is 4.79 Å². The molecule has 104 valence electrons. The number of rotatable bonds is 5. The average Bonchev–Trinajstić information content (AvgIpc) is 2.68. The molecule has 18 heavy (non-hydrogen) atoms. The van der Waals surface area contributed by atoms with Gasteiger partial charge in [0, 0.05) is 13.1 Å². The van der Waals surface area contributed by atoms with E-state index < -0.39 is 0 Å². The highest BCUT2D eigenvalue weighted by Gasteiger charge is 2.30. The van der Waals surface area contributed by atoms with Gasteiger partial charge >= 0.3 is 0 Å². The molecule has 2 saturated heterocycles. The van der Waals surface area contributed by atoms with Crippen molar-refractivity contribution in [3.63, 3.8) is 0 Å². The Labute approximate surface area is 111 Å². The van der Waals surface area contributed by atoms with Crippen LogP contribution in [0, 0.1) is 5.92 Å². The Morgan fingerprint density at radius 2 is 1.94 bits per heavy atom.